The molecule has 2 aromatic carbocycles. The zero-order valence-electron chi connectivity index (χ0n) is 20.8. The number of carbonyl (C=O) groups is 2. The van der Waals surface area contributed by atoms with Crippen molar-refractivity contribution in [1.82, 2.24) is 4.90 Å². The second-order valence-electron chi connectivity index (χ2n) is 9.54. The van der Waals surface area contributed by atoms with Crippen LogP contribution in [-0.2, 0) is 19.4 Å². The Morgan fingerprint density at radius 2 is 1.75 bits per heavy atom. The van der Waals surface area contributed by atoms with Gasteiger partial charge in [-0.25, -0.2) is 8.42 Å². The van der Waals surface area contributed by atoms with Gasteiger partial charge in [0, 0.05) is 27.8 Å². The largest absolute Gasteiger partial charge is 0.481 e. The fraction of sp³-hybridized carbons (Fsp3) is 0.481. The van der Waals surface area contributed by atoms with E-state index >= 15 is 0 Å². The van der Waals surface area contributed by atoms with Crippen LogP contribution in [0.1, 0.15) is 69.5 Å². The molecule has 1 amide bonds. The highest BCUT2D eigenvalue weighted by Crippen LogP contribution is 2.53. The predicted octanol–water partition coefficient (Wildman–Crippen LogP) is 6.14. The van der Waals surface area contributed by atoms with Crippen LogP contribution in [0.3, 0.4) is 0 Å². The Hall–Kier alpha value is -2.09. The van der Waals surface area contributed by atoms with Gasteiger partial charge in [0.1, 0.15) is 0 Å². The highest BCUT2D eigenvalue weighted by molar-refractivity contribution is 7.91. The molecule has 0 aromatic heterocycles. The van der Waals surface area contributed by atoms with E-state index in [9.17, 15) is 23.1 Å². The van der Waals surface area contributed by atoms with Gasteiger partial charge in [-0.15, -0.1) is 0 Å². The van der Waals surface area contributed by atoms with Crippen LogP contribution in [0.2, 0.25) is 10.0 Å². The molecule has 6 nitrogen and oxygen atoms in total. The second kappa shape index (κ2) is 11.5. The maximum absolute atomic E-state index is 14.3. The number of likely N-dealkylation sites (tertiary alicyclic amines) is 1. The number of carbonyl (C=O) groups excluding carboxylic acids is 1. The average Bonchev–Trinajstić information content (AvgIpc) is 2.84. The molecule has 3 rings (SSSR count). The molecule has 1 N–H and O–H groups in total. The van der Waals surface area contributed by atoms with Gasteiger partial charge in [0.15, 0.2) is 9.84 Å². The van der Waals surface area contributed by atoms with Crippen molar-refractivity contribution in [2.24, 2.45) is 5.41 Å². The second-order valence-corrected chi connectivity index (χ2v) is 12.8. The van der Waals surface area contributed by atoms with Crippen LogP contribution >= 0.6 is 23.2 Å². The van der Waals surface area contributed by atoms with Crippen molar-refractivity contribution in [3.8, 4) is 0 Å². The number of amides is 1. The number of sulfone groups is 1. The summed E-state index contributed by atoms with van der Waals surface area (Å²) in [6.45, 7) is 5.27. The lowest BCUT2D eigenvalue weighted by atomic mass is 9.65. The van der Waals surface area contributed by atoms with E-state index in [0.717, 1.165) is 11.1 Å². The Morgan fingerprint density at radius 3 is 2.28 bits per heavy atom. The van der Waals surface area contributed by atoms with Gasteiger partial charge in [-0.05, 0) is 54.7 Å². The Bertz CT molecular complexity index is 1200. The number of aliphatic carboxylic acids is 1. The summed E-state index contributed by atoms with van der Waals surface area (Å²) in [6.07, 6.45) is 0.691. The minimum absolute atomic E-state index is 0.0388. The number of nitrogens with zero attached hydrogens (tertiary/aromatic N) is 1. The molecule has 196 valence electrons. The standard InChI is InChI=1S/C27H33Cl2NO5S/c1-4-22(17-36(34,35)6-3)30-25(18-10-12-20(28)13-11-18)23(19-8-7-9-21(29)14-19)15-27(5-2,26(30)33)16-24(31)32/h7-14,22-23,25H,4-6,15-17H2,1-3H3,(H,31,32). The first-order valence-electron chi connectivity index (χ1n) is 12.2. The summed E-state index contributed by atoms with van der Waals surface area (Å²) in [5.41, 5.74) is 0.506. The molecule has 2 aromatic rings. The Labute approximate surface area is 223 Å². The topological polar surface area (TPSA) is 91.8 Å². The van der Waals surface area contributed by atoms with Gasteiger partial charge in [-0.2, -0.15) is 0 Å². The maximum atomic E-state index is 14.3. The lowest BCUT2D eigenvalue weighted by molar-refractivity contribution is -0.161. The van der Waals surface area contributed by atoms with Crippen LogP contribution in [0.4, 0.5) is 0 Å². The van der Waals surface area contributed by atoms with E-state index in [2.05, 4.69) is 0 Å². The molecule has 9 heteroatoms. The van der Waals surface area contributed by atoms with Crippen molar-refractivity contribution in [3.63, 3.8) is 0 Å². The third-order valence-corrected chi connectivity index (χ3v) is 9.64. The molecule has 1 fully saturated rings. The lowest BCUT2D eigenvalue weighted by Crippen LogP contribution is -2.58. The van der Waals surface area contributed by atoms with Gasteiger partial charge in [0.05, 0.1) is 23.6 Å². The number of hydrogen-bond acceptors (Lipinski definition) is 4. The first-order valence-corrected chi connectivity index (χ1v) is 14.8. The monoisotopic (exact) mass is 553 g/mol. The van der Waals surface area contributed by atoms with Crippen LogP contribution in [0.15, 0.2) is 48.5 Å². The van der Waals surface area contributed by atoms with Crippen LogP contribution < -0.4 is 0 Å². The lowest BCUT2D eigenvalue weighted by Gasteiger charge is -2.52. The van der Waals surface area contributed by atoms with E-state index in [-0.39, 0.29) is 29.8 Å². The normalized spacial score (nSPS) is 23.5. The molecule has 0 radical (unpaired) electrons. The summed E-state index contributed by atoms with van der Waals surface area (Å²) >= 11 is 12.5. The first kappa shape index (κ1) is 28.5. The smallest absolute Gasteiger partial charge is 0.304 e. The quantitative estimate of drug-likeness (QED) is 0.381. The van der Waals surface area contributed by atoms with Crippen LogP contribution in [-0.4, -0.2) is 47.8 Å². The SMILES string of the molecule is CCC(CS(=O)(=O)CC)N1C(=O)C(CC)(CC(=O)O)CC(c2cccc(Cl)c2)C1c1ccc(Cl)cc1. The fourth-order valence-electron chi connectivity index (χ4n) is 5.36. The van der Waals surface area contributed by atoms with E-state index in [4.69, 9.17) is 23.2 Å². The average molecular weight is 555 g/mol. The van der Waals surface area contributed by atoms with Gasteiger partial charge < -0.3 is 10.0 Å². The maximum Gasteiger partial charge on any atom is 0.304 e. The van der Waals surface area contributed by atoms with E-state index < -0.39 is 33.3 Å². The van der Waals surface area contributed by atoms with Crippen molar-refractivity contribution in [1.29, 1.82) is 0 Å². The van der Waals surface area contributed by atoms with Crippen LogP contribution in [0.5, 0.6) is 0 Å². The molecule has 0 bridgehead atoms. The Morgan fingerprint density at radius 1 is 1.08 bits per heavy atom. The van der Waals surface area contributed by atoms with Gasteiger partial charge in [-0.1, -0.05) is 68.2 Å². The molecule has 4 atom stereocenters. The zero-order valence-corrected chi connectivity index (χ0v) is 23.1. The number of rotatable bonds is 10. The van der Waals surface area contributed by atoms with Crippen molar-refractivity contribution < 1.29 is 23.1 Å². The third-order valence-electron chi connectivity index (χ3n) is 7.39. The number of hydrogen-bond donors (Lipinski definition) is 1. The molecule has 1 aliphatic heterocycles. The third kappa shape index (κ3) is 6.06. The highest BCUT2D eigenvalue weighted by atomic mass is 35.5. The molecular weight excluding hydrogens is 521 g/mol. The van der Waals surface area contributed by atoms with Crippen molar-refractivity contribution >= 4 is 44.9 Å². The summed E-state index contributed by atoms with van der Waals surface area (Å²) < 4.78 is 25.5. The predicted molar refractivity (Wildman–Crippen MR) is 143 cm³/mol. The minimum Gasteiger partial charge on any atom is -0.481 e. The van der Waals surface area contributed by atoms with Gasteiger partial charge in [0.2, 0.25) is 5.91 Å². The van der Waals surface area contributed by atoms with E-state index in [1.807, 2.05) is 44.2 Å². The van der Waals surface area contributed by atoms with Crippen LogP contribution in [0, 0.1) is 5.41 Å². The van der Waals surface area contributed by atoms with Crippen molar-refractivity contribution in [2.45, 2.75) is 64.5 Å². The van der Waals surface area contributed by atoms with Crippen molar-refractivity contribution in [2.75, 3.05) is 11.5 Å². The number of carboxylic acid groups (broad SMARTS) is 1. The number of carboxylic acids is 1. The fourth-order valence-corrected chi connectivity index (χ4v) is 6.90. The first-order chi connectivity index (χ1) is 17.0. The summed E-state index contributed by atoms with van der Waals surface area (Å²) in [4.78, 5) is 27.9. The van der Waals surface area contributed by atoms with E-state index in [0.29, 0.717) is 29.3 Å². The molecule has 1 saturated heterocycles. The molecule has 0 spiro atoms. The van der Waals surface area contributed by atoms with Gasteiger partial charge >= 0.3 is 5.97 Å². The number of halogens is 2. The molecule has 0 saturated carbocycles. The molecule has 36 heavy (non-hydrogen) atoms. The molecule has 1 aliphatic rings. The Balaban J connectivity index is 2.30. The minimum atomic E-state index is -3.42. The van der Waals surface area contributed by atoms with Crippen LogP contribution in [0.25, 0.3) is 0 Å². The molecular formula is C27H33Cl2NO5S. The van der Waals surface area contributed by atoms with E-state index in [1.54, 1.807) is 30.0 Å². The molecule has 4 unspecified atom stereocenters. The zero-order chi connectivity index (χ0) is 26.7. The summed E-state index contributed by atoms with van der Waals surface area (Å²) in [6, 6.07) is 13.4. The van der Waals surface area contributed by atoms with E-state index in [1.165, 1.54) is 0 Å². The molecule has 0 aliphatic carbocycles. The summed E-state index contributed by atoms with van der Waals surface area (Å²) in [5, 5.41) is 10.9. The highest BCUT2D eigenvalue weighted by Gasteiger charge is 2.54. The van der Waals surface area contributed by atoms with Gasteiger partial charge in [0.25, 0.3) is 0 Å². The number of benzene rings is 2. The summed E-state index contributed by atoms with van der Waals surface area (Å²) in [5.74, 6) is -1.91. The number of piperidine rings is 1. The molecule has 1 heterocycles. The van der Waals surface area contributed by atoms with Gasteiger partial charge in [-0.3, -0.25) is 9.59 Å². The van der Waals surface area contributed by atoms with Crippen molar-refractivity contribution in [3.05, 3.63) is 69.7 Å². The Kier molecular flexibility index (Phi) is 9.12. The summed E-state index contributed by atoms with van der Waals surface area (Å²) in [7, 11) is -3.42.